The number of nitrogens with zero attached hydrogens (tertiary/aromatic N) is 2. The van der Waals surface area contributed by atoms with E-state index in [1.807, 2.05) is 0 Å². The molecule has 4 nitrogen and oxygen atoms in total. The van der Waals surface area contributed by atoms with Gasteiger partial charge >= 0.3 is 6.18 Å². The molecule has 1 aromatic heterocycles. The van der Waals surface area contributed by atoms with Crippen molar-refractivity contribution in [3.05, 3.63) is 86.3 Å². The van der Waals surface area contributed by atoms with Crippen LogP contribution in [0.1, 0.15) is 33.5 Å². The van der Waals surface area contributed by atoms with E-state index in [0.717, 1.165) is 25.2 Å². The van der Waals surface area contributed by atoms with Crippen LogP contribution in [-0.4, -0.2) is 21.4 Å². The fourth-order valence-electron chi connectivity index (χ4n) is 3.83. The Bertz CT molecular complexity index is 1130. The molecule has 1 N–H and O–H groups in total. The Morgan fingerprint density at radius 2 is 1.83 bits per heavy atom. The van der Waals surface area contributed by atoms with Crippen molar-refractivity contribution in [2.75, 3.05) is 6.54 Å². The third kappa shape index (κ3) is 4.16. The van der Waals surface area contributed by atoms with Gasteiger partial charge in [0.1, 0.15) is 5.82 Å². The summed E-state index contributed by atoms with van der Waals surface area (Å²) in [6.07, 6.45) is -3.77. The molecular formula is C23H22F3N3O. The number of rotatable bonds is 3. The molecule has 0 atom stereocenters. The first-order valence-electron chi connectivity index (χ1n) is 9.79. The molecule has 1 aliphatic rings. The Morgan fingerprint density at radius 3 is 2.50 bits per heavy atom. The minimum Gasteiger partial charge on any atom is -0.306 e. The lowest BCUT2D eigenvalue weighted by atomic mass is 10.0. The van der Waals surface area contributed by atoms with Crippen molar-refractivity contribution in [2.45, 2.75) is 39.5 Å². The summed E-state index contributed by atoms with van der Waals surface area (Å²) in [4.78, 5) is 22.2. The predicted octanol–water partition coefficient (Wildman–Crippen LogP) is 4.63. The quantitative estimate of drug-likeness (QED) is 0.681. The fraction of sp³-hybridized carbons (Fsp3) is 0.304. The van der Waals surface area contributed by atoms with Crippen LogP contribution in [0.3, 0.4) is 0 Å². The van der Waals surface area contributed by atoms with E-state index >= 15 is 0 Å². The lowest BCUT2D eigenvalue weighted by Crippen LogP contribution is -2.35. The Kier molecular flexibility index (Phi) is 5.24. The van der Waals surface area contributed by atoms with Gasteiger partial charge in [0, 0.05) is 31.6 Å². The van der Waals surface area contributed by atoms with Crippen molar-refractivity contribution in [2.24, 2.45) is 0 Å². The van der Waals surface area contributed by atoms with Crippen LogP contribution < -0.4 is 5.56 Å². The number of nitrogens with one attached hydrogen (secondary N) is 1. The molecule has 0 saturated carbocycles. The zero-order valence-electron chi connectivity index (χ0n) is 16.8. The first-order chi connectivity index (χ1) is 14.2. The second-order valence-corrected chi connectivity index (χ2v) is 7.81. The molecule has 7 heteroatoms. The summed E-state index contributed by atoms with van der Waals surface area (Å²) in [5.41, 5.74) is 4.51. The first kappa shape index (κ1) is 20.3. The third-order valence-corrected chi connectivity index (χ3v) is 5.53. The van der Waals surface area contributed by atoms with Gasteiger partial charge in [0.15, 0.2) is 0 Å². The second-order valence-electron chi connectivity index (χ2n) is 7.81. The van der Waals surface area contributed by atoms with Crippen LogP contribution in [0.5, 0.6) is 0 Å². The molecule has 0 radical (unpaired) electrons. The fourth-order valence-corrected chi connectivity index (χ4v) is 3.83. The molecule has 2 heterocycles. The maximum atomic E-state index is 12.8. The molecule has 0 fully saturated rings. The standard InChI is InChI=1S/C23H22F3N3O/c1-14-3-4-17(15(2)11-14)12-29-10-9-20-19(13-29)22(30)28-21(27-20)16-5-7-18(8-6-16)23(24,25)26/h3-8,11H,9-10,12-13H2,1-2H3,(H,27,28,30). The first-order valence-corrected chi connectivity index (χ1v) is 9.79. The molecule has 4 rings (SSSR count). The average molecular weight is 413 g/mol. The zero-order valence-corrected chi connectivity index (χ0v) is 16.8. The van der Waals surface area contributed by atoms with Crippen LogP contribution >= 0.6 is 0 Å². The number of hydrogen-bond acceptors (Lipinski definition) is 3. The molecule has 2 aromatic carbocycles. The van der Waals surface area contributed by atoms with Gasteiger partial charge in [-0.15, -0.1) is 0 Å². The number of H-pyrrole nitrogens is 1. The number of aromatic amines is 1. The van der Waals surface area contributed by atoms with Crippen molar-refractivity contribution >= 4 is 0 Å². The van der Waals surface area contributed by atoms with Crippen molar-refractivity contribution in [3.63, 3.8) is 0 Å². The summed E-state index contributed by atoms with van der Waals surface area (Å²) in [7, 11) is 0. The highest BCUT2D eigenvalue weighted by Gasteiger charge is 2.30. The van der Waals surface area contributed by atoms with Gasteiger partial charge < -0.3 is 4.98 Å². The van der Waals surface area contributed by atoms with Crippen LogP contribution in [0.25, 0.3) is 11.4 Å². The van der Waals surface area contributed by atoms with Crippen molar-refractivity contribution in [3.8, 4) is 11.4 Å². The second kappa shape index (κ2) is 7.72. The van der Waals surface area contributed by atoms with Crippen LogP contribution in [0.2, 0.25) is 0 Å². The molecule has 0 amide bonds. The molecule has 1 aliphatic heterocycles. The molecule has 0 spiro atoms. The number of halogens is 3. The van der Waals surface area contributed by atoms with Gasteiger partial charge in [0.25, 0.3) is 5.56 Å². The topological polar surface area (TPSA) is 49.0 Å². The molecule has 3 aromatic rings. The van der Waals surface area contributed by atoms with Gasteiger partial charge in [-0.05, 0) is 37.1 Å². The Morgan fingerprint density at radius 1 is 1.10 bits per heavy atom. The molecule has 0 unspecified atom stereocenters. The summed E-state index contributed by atoms with van der Waals surface area (Å²) in [5.74, 6) is 0.301. The maximum Gasteiger partial charge on any atom is 0.416 e. The predicted molar refractivity (Wildman–Crippen MR) is 109 cm³/mol. The summed E-state index contributed by atoms with van der Waals surface area (Å²) >= 11 is 0. The smallest absolute Gasteiger partial charge is 0.306 e. The number of fused-ring (bicyclic) bond motifs is 1. The zero-order chi connectivity index (χ0) is 21.5. The SMILES string of the molecule is Cc1ccc(CN2CCc3nc(-c4ccc(C(F)(F)F)cc4)[nH]c(=O)c3C2)c(C)c1. The molecule has 156 valence electrons. The van der Waals surface area contributed by atoms with Crippen molar-refractivity contribution in [1.82, 2.24) is 14.9 Å². The molecule has 0 bridgehead atoms. The van der Waals surface area contributed by atoms with Crippen LogP contribution in [-0.2, 0) is 25.7 Å². The van der Waals surface area contributed by atoms with E-state index in [1.54, 1.807) is 0 Å². The van der Waals surface area contributed by atoms with Crippen LogP contribution in [0, 0.1) is 13.8 Å². The monoisotopic (exact) mass is 413 g/mol. The van der Waals surface area contributed by atoms with Gasteiger partial charge in [-0.1, -0.05) is 35.9 Å². The van der Waals surface area contributed by atoms with E-state index in [-0.39, 0.29) is 5.56 Å². The molecular weight excluding hydrogens is 391 g/mol. The van der Waals surface area contributed by atoms with E-state index in [2.05, 4.69) is 46.9 Å². The van der Waals surface area contributed by atoms with E-state index in [1.165, 1.54) is 28.8 Å². The highest BCUT2D eigenvalue weighted by Crippen LogP contribution is 2.30. The van der Waals surface area contributed by atoms with Gasteiger partial charge in [0.05, 0.1) is 16.8 Å². The summed E-state index contributed by atoms with van der Waals surface area (Å²) in [5, 5.41) is 0. The highest BCUT2D eigenvalue weighted by atomic mass is 19.4. The summed E-state index contributed by atoms with van der Waals surface area (Å²) in [6.45, 7) is 6.17. The van der Waals surface area contributed by atoms with Crippen molar-refractivity contribution < 1.29 is 13.2 Å². The van der Waals surface area contributed by atoms with Gasteiger partial charge in [0.2, 0.25) is 0 Å². The maximum absolute atomic E-state index is 12.8. The number of aryl methyl sites for hydroxylation is 2. The Labute approximate surface area is 172 Å². The van der Waals surface area contributed by atoms with Crippen molar-refractivity contribution in [1.29, 1.82) is 0 Å². The van der Waals surface area contributed by atoms with Crippen LogP contribution in [0.4, 0.5) is 13.2 Å². The van der Waals surface area contributed by atoms with E-state index in [0.29, 0.717) is 35.6 Å². The number of aromatic nitrogens is 2. The van der Waals surface area contributed by atoms with Crippen LogP contribution in [0.15, 0.2) is 47.3 Å². The minimum absolute atomic E-state index is 0.236. The molecule has 30 heavy (non-hydrogen) atoms. The lowest BCUT2D eigenvalue weighted by molar-refractivity contribution is -0.137. The number of benzene rings is 2. The van der Waals surface area contributed by atoms with E-state index < -0.39 is 11.7 Å². The third-order valence-electron chi connectivity index (χ3n) is 5.53. The van der Waals surface area contributed by atoms with Gasteiger partial charge in [-0.2, -0.15) is 13.2 Å². The Balaban J connectivity index is 1.56. The van der Waals surface area contributed by atoms with E-state index in [9.17, 15) is 18.0 Å². The largest absolute Gasteiger partial charge is 0.416 e. The number of hydrogen-bond donors (Lipinski definition) is 1. The van der Waals surface area contributed by atoms with Gasteiger partial charge in [-0.25, -0.2) is 4.98 Å². The minimum atomic E-state index is -4.39. The van der Waals surface area contributed by atoms with E-state index in [4.69, 9.17) is 0 Å². The Hall–Kier alpha value is -2.93. The number of alkyl halides is 3. The molecule has 0 aliphatic carbocycles. The molecule has 0 saturated heterocycles. The summed E-state index contributed by atoms with van der Waals surface area (Å²) in [6, 6.07) is 11.0. The average Bonchev–Trinajstić information content (AvgIpc) is 2.70. The van der Waals surface area contributed by atoms with Gasteiger partial charge in [-0.3, -0.25) is 9.69 Å². The summed E-state index contributed by atoms with van der Waals surface area (Å²) < 4.78 is 38.3. The normalized spacial score (nSPS) is 14.6. The lowest BCUT2D eigenvalue weighted by Gasteiger charge is -2.28. The highest BCUT2D eigenvalue weighted by molar-refractivity contribution is 5.56.